The summed E-state index contributed by atoms with van der Waals surface area (Å²) in [6.07, 6.45) is 0. The first-order valence-electron chi connectivity index (χ1n) is 9.21. The summed E-state index contributed by atoms with van der Waals surface area (Å²) in [5.74, 6) is -0.0961. The predicted octanol–water partition coefficient (Wildman–Crippen LogP) is 5.23. The minimum atomic E-state index is -0.0810. The highest BCUT2D eigenvalue weighted by Crippen LogP contribution is 2.37. The second kappa shape index (κ2) is 6.85. The number of nitrogens with zero attached hydrogens (tertiary/aromatic N) is 3. The molecule has 28 heavy (non-hydrogen) atoms. The van der Waals surface area contributed by atoms with Crippen molar-refractivity contribution < 1.29 is 10.2 Å². The molecule has 0 saturated carbocycles. The minimum Gasteiger partial charge on any atom is -0.508 e. The molecule has 2 N–H and O–H groups in total. The molecule has 0 spiro atoms. The third-order valence-corrected chi connectivity index (χ3v) is 5.08. The van der Waals surface area contributed by atoms with Crippen molar-refractivity contribution in [2.45, 2.75) is 57.4 Å². The third-order valence-electron chi connectivity index (χ3n) is 4.78. The molecule has 1 heterocycles. The summed E-state index contributed by atoms with van der Waals surface area (Å²) < 4.78 is 1.56. The van der Waals surface area contributed by atoms with Crippen LogP contribution in [0, 0.1) is 0 Å². The molecular weight excluding hydrogens is 370 g/mol. The summed E-state index contributed by atoms with van der Waals surface area (Å²) in [5.41, 5.74) is 4.38. The van der Waals surface area contributed by atoms with E-state index in [0.29, 0.717) is 16.4 Å². The Morgan fingerprint density at radius 2 is 1.43 bits per heavy atom. The highest BCUT2D eigenvalue weighted by molar-refractivity contribution is 7.80. The summed E-state index contributed by atoms with van der Waals surface area (Å²) in [5, 5.41) is 28.7. The number of benzene rings is 2. The third kappa shape index (κ3) is 3.87. The molecule has 0 atom stereocenters. The molecule has 3 aromatic rings. The molecule has 0 saturated heterocycles. The van der Waals surface area contributed by atoms with E-state index in [-0.39, 0.29) is 22.3 Å². The Morgan fingerprint density at radius 3 is 1.93 bits per heavy atom. The zero-order valence-corrected chi connectivity index (χ0v) is 18.0. The molecule has 0 amide bonds. The Balaban J connectivity index is 2.29. The normalized spacial score (nSPS) is 12.4. The number of phenolic OH excluding ortho intramolecular Hbond substituents is 2. The van der Waals surface area contributed by atoms with E-state index in [1.54, 1.807) is 10.7 Å². The molecule has 0 bridgehead atoms. The number of aromatic nitrogens is 3. The lowest BCUT2D eigenvalue weighted by molar-refractivity contribution is 0.447. The Bertz CT molecular complexity index is 995. The SMILES string of the molecule is CC(C)(C)c1cc(-c2c(S)nnn2-c2ccc(O)cc2O)cc(C(C)(C)C)c1. The zero-order chi connectivity index (χ0) is 20.9. The quantitative estimate of drug-likeness (QED) is 0.518. The monoisotopic (exact) mass is 397 g/mol. The molecule has 0 radical (unpaired) electrons. The predicted molar refractivity (Wildman–Crippen MR) is 115 cm³/mol. The highest BCUT2D eigenvalue weighted by Gasteiger charge is 2.24. The van der Waals surface area contributed by atoms with Gasteiger partial charge in [-0.05, 0) is 46.2 Å². The lowest BCUT2D eigenvalue weighted by Crippen LogP contribution is -2.16. The molecule has 0 aliphatic carbocycles. The highest BCUT2D eigenvalue weighted by atomic mass is 32.1. The second-order valence-electron chi connectivity index (χ2n) is 9.15. The van der Waals surface area contributed by atoms with Crippen LogP contribution >= 0.6 is 12.6 Å². The first-order chi connectivity index (χ1) is 12.9. The van der Waals surface area contributed by atoms with Crippen LogP contribution in [0.5, 0.6) is 11.5 Å². The smallest absolute Gasteiger partial charge is 0.145 e. The van der Waals surface area contributed by atoms with Crippen LogP contribution < -0.4 is 0 Å². The maximum atomic E-state index is 10.3. The molecule has 1 aromatic heterocycles. The van der Waals surface area contributed by atoms with Gasteiger partial charge >= 0.3 is 0 Å². The number of thiol groups is 1. The average molecular weight is 398 g/mol. The lowest BCUT2D eigenvalue weighted by atomic mass is 9.79. The summed E-state index contributed by atoms with van der Waals surface area (Å²) in [4.78, 5) is 0. The van der Waals surface area contributed by atoms with Crippen LogP contribution in [-0.2, 0) is 10.8 Å². The fourth-order valence-corrected chi connectivity index (χ4v) is 3.28. The van der Waals surface area contributed by atoms with Crippen molar-refractivity contribution in [2.24, 2.45) is 0 Å². The van der Waals surface area contributed by atoms with E-state index >= 15 is 0 Å². The van der Waals surface area contributed by atoms with Gasteiger partial charge in [-0.3, -0.25) is 0 Å². The van der Waals surface area contributed by atoms with Crippen molar-refractivity contribution in [2.75, 3.05) is 0 Å². The number of rotatable bonds is 2. The zero-order valence-electron chi connectivity index (χ0n) is 17.1. The van der Waals surface area contributed by atoms with Crippen molar-refractivity contribution in [1.82, 2.24) is 15.0 Å². The van der Waals surface area contributed by atoms with Gasteiger partial charge in [0.25, 0.3) is 0 Å². The first kappa shape index (κ1) is 20.3. The van der Waals surface area contributed by atoms with Gasteiger partial charge in [0.1, 0.15) is 27.9 Å². The fourth-order valence-electron chi connectivity index (χ4n) is 3.02. The molecule has 6 heteroatoms. The van der Waals surface area contributed by atoms with Gasteiger partial charge in [0.15, 0.2) is 0 Å². The minimum absolute atomic E-state index is 0.0150. The van der Waals surface area contributed by atoms with Crippen LogP contribution in [0.4, 0.5) is 0 Å². The Hall–Kier alpha value is -2.47. The number of hydrogen-bond donors (Lipinski definition) is 3. The van der Waals surface area contributed by atoms with Gasteiger partial charge in [-0.15, -0.1) is 17.7 Å². The lowest BCUT2D eigenvalue weighted by Gasteiger charge is -2.26. The van der Waals surface area contributed by atoms with Gasteiger partial charge in [0.05, 0.1) is 0 Å². The van der Waals surface area contributed by atoms with Gasteiger partial charge in [0.2, 0.25) is 0 Å². The Kier molecular flexibility index (Phi) is 4.96. The number of phenols is 2. The molecule has 0 unspecified atom stereocenters. The van der Waals surface area contributed by atoms with Crippen molar-refractivity contribution >= 4 is 12.6 Å². The van der Waals surface area contributed by atoms with Crippen LogP contribution in [0.1, 0.15) is 52.7 Å². The summed E-state index contributed by atoms with van der Waals surface area (Å²) in [7, 11) is 0. The van der Waals surface area contributed by atoms with E-state index in [1.165, 1.54) is 23.3 Å². The standard InChI is InChI=1S/C22H27N3O2S/c1-21(2,3)14-9-13(10-15(11-14)22(4,5)6)19-20(28)23-24-25(19)17-8-7-16(26)12-18(17)27/h7-12,26-28H,1-6H3. The van der Waals surface area contributed by atoms with E-state index in [9.17, 15) is 10.2 Å². The topological polar surface area (TPSA) is 71.2 Å². The van der Waals surface area contributed by atoms with Crippen molar-refractivity contribution in [3.05, 3.63) is 47.5 Å². The van der Waals surface area contributed by atoms with Gasteiger partial charge in [0, 0.05) is 11.6 Å². The molecule has 0 aliphatic heterocycles. The second-order valence-corrected chi connectivity index (χ2v) is 9.57. The van der Waals surface area contributed by atoms with Crippen molar-refractivity contribution in [1.29, 1.82) is 0 Å². The van der Waals surface area contributed by atoms with Crippen LogP contribution in [-0.4, -0.2) is 25.2 Å². The summed E-state index contributed by atoms with van der Waals surface area (Å²) in [6.45, 7) is 13.1. The maximum absolute atomic E-state index is 10.3. The van der Waals surface area contributed by atoms with Gasteiger partial charge < -0.3 is 10.2 Å². The Labute approximate surface area is 171 Å². The molecule has 5 nitrogen and oxygen atoms in total. The molecule has 2 aromatic carbocycles. The molecule has 3 rings (SSSR count). The largest absolute Gasteiger partial charge is 0.508 e. The maximum Gasteiger partial charge on any atom is 0.145 e. The van der Waals surface area contributed by atoms with Crippen LogP contribution in [0.25, 0.3) is 16.9 Å². The van der Waals surface area contributed by atoms with Crippen molar-refractivity contribution in [3.8, 4) is 28.4 Å². The Morgan fingerprint density at radius 1 is 0.857 bits per heavy atom. The average Bonchev–Trinajstić information content (AvgIpc) is 2.94. The summed E-state index contributed by atoms with van der Waals surface area (Å²) >= 11 is 4.52. The van der Waals surface area contributed by atoms with Gasteiger partial charge in [-0.2, -0.15) is 0 Å². The van der Waals surface area contributed by atoms with E-state index in [0.717, 1.165) is 5.56 Å². The van der Waals surface area contributed by atoms with E-state index < -0.39 is 0 Å². The van der Waals surface area contributed by atoms with Crippen molar-refractivity contribution in [3.63, 3.8) is 0 Å². The number of hydrogen-bond acceptors (Lipinski definition) is 5. The molecule has 0 aliphatic rings. The van der Waals surface area contributed by atoms with Gasteiger partial charge in [-0.25, -0.2) is 4.68 Å². The first-order valence-corrected chi connectivity index (χ1v) is 9.66. The van der Waals surface area contributed by atoms with E-state index in [1.807, 2.05) is 0 Å². The van der Waals surface area contributed by atoms with Crippen LogP contribution in [0.2, 0.25) is 0 Å². The molecule has 0 fully saturated rings. The number of aromatic hydroxyl groups is 2. The fraction of sp³-hybridized carbons (Fsp3) is 0.364. The molecule has 148 valence electrons. The van der Waals surface area contributed by atoms with Crippen LogP contribution in [0.3, 0.4) is 0 Å². The van der Waals surface area contributed by atoms with E-state index in [2.05, 4.69) is 82.7 Å². The van der Waals surface area contributed by atoms with Gasteiger partial charge in [-0.1, -0.05) is 52.8 Å². The van der Waals surface area contributed by atoms with E-state index in [4.69, 9.17) is 0 Å². The van der Waals surface area contributed by atoms with Crippen LogP contribution in [0.15, 0.2) is 41.4 Å². The summed E-state index contributed by atoms with van der Waals surface area (Å²) in [6, 6.07) is 10.9. The molecular formula is C22H27N3O2S.